The van der Waals surface area contributed by atoms with Crippen molar-refractivity contribution in [2.45, 2.75) is 6.42 Å². The molecule has 1 unspecified atom stereocenters. The molecule has 1 atom stereocenters. The van der Waals surface area contributed by atoms with Gasteiger partial charge in [-0.15, -0.1) is 0 Å². The molecular weight excluding hydrogens is 120 g/mol. The number of rotatable bonds is 1. The fourth-order valence-corrected chi connectivity index (χ4v) is 0.700. The van der Waals surface area contributed by atoms with Gasteiger partial charge in [-0.05, 0) is 12.5 Å². The Hall–Kier alpha value is -0.990. The van der Waals surface area contributed by atoms with Crippen LogP contribution in [0.1, 0.15) is 6.42 Å². The average Bonchev–Trinajstić information content (AvgIpc) is 1.90. The van der Waals surface area contributed by atoms with Gasteiger partial charge in [0.25, 0.3) is 0 Å². The molecule has 0 bridgehead atoms. The average molecular weight is 128 g/mol. The quantitative estimate of drug-likeness (QED) is 0.563. The molecular formula is C6H8O3. The first kappa shape index (κ1) is 6.13. The fraction of sp³-hybridized carbons (Fsp3) is 0.500. The van der Waals surface area contributed by atoms with Gasteiger partial charge in [0.05, 0.1) is 12.2 Å². The second kappa shape index (κ2) is 2.53. The van der Waals surface area contributed by atoms with E-state index >= 15 is 0 Å². The molecule has 3 heteroatoms. The lowest BCUT2D eigenvalue weighted by atomic mass is 10.1. The van der Waals surface area contributed by atoms with E-state index in [4.69, 9.17) is 9.84 Å². The summed E-state index contributed by atoms with van der Waals surface area (Å²) >= 11 is 0. The molecule has 3 nitrogen and oxygen atoms in total. The summed E-state index contributed by atoms with van der Waals surface area (Å²) < 4.78 is 4.78. The molecule has 1 N–H and O–H groups in total. The van der Waals surface area contributed by atoms with Crippen LogP contribution < -0.4 is 0 Å². The Morgan fingerprint density at radius 1 is 1.78 bits per heavy atom. The number of allylic oxidation sites excluding steroid dienone is 1. The van der Waals surface area contributed by atoms with Crippen molar-refractivity contribution in [2.75, 3.05) is 6.61 Å². The molecule has 0 fully saturated rings. The van der Waals surface area contributed by atoms with Gasteiger partial charge in [0.15, 0.2) is 0 Å². The van der Waals surface area contributed by atoms with Crippen LogP contribution in [0.5, 0.6) is 0 Å². The molecule has 50 valence electrons. The van der Waals surface area contributed by atoms with Gasteiger partial charge < -0.3 is 9.84 Å². The largest absolute Gasteiger partial charge is 0.501 e. The molecule has 0 spiro atoms. The van der Waals surface area contributed by atoms with Crippen molar-refractivity contribution in [1.82, 2.24) is 0 Å². The third-order valence-corrected chi connectivity index (χ3v) is 1.26. The van der Waals surface area contributed by atoms with E-state index in [1.807, 2.05) is 0 Å². The van der Waals surface area contributed by atoms with Gasteiger partial charge in [-0.25, -0.2) is 0 Å². The molecule has 1 rings (SSSR count). The predicted octanol–water partition coefficient (Wildman–Crippen LogP) is 0.621. The molecule has 0 amide bonds. The minimum Gasteiger partial charge on any atom is -0.501 e. The molecule has 1 heterocycles. The Morgan fingerprint density at radius 3 is 2.89 bits per heavy atom. The second-order valence-corrected chi connectivity index (χ2v) is 1.98. The molecule has 1 aliphatic heterocycles. The van der Waals surface area contributed by atoms with Crippen molar-refractivity contribution in [3.8, 4) is 0 Å². The number of carboxylic acids is 1. The van der Waals surface area contributed by atoms with E-state index in [1.165, 1.54) is 0 Å². The summed E-state index contributed by atoms with van der Waals surface area (Å²) in [6.07, 6.45) is 3.86. The van der Waals surface area contributed by atoms with Gasteiger partial charge in [-0.3, -0.25) is 4.79 Å². The van der Waals surface area contributed by atoms with Crippen LogP contribution >= 0.6 is 0 Å². The van der Waals surface area contributed by atoms with E-state index in [2.05, 4.69) is 0 Å². The maximum Gasteiger partial charge on any atom is 0.310 e. The first-order chi connectivity index (χ1) is 4.30. The van der Waals surface area contributed by atoms with Crippen LogP contribution in [0, 0.1) is 5.92 Å². The van der Waals surface area contributed by atoms with Crippen LogP contribution in [0.25, 0.3) is 0 Å². The van der Waals surface area contributed by atoms with Crippen molar-refractivity contribution in [1.29, 1.82) is 0 Å². The summed E-state index contributed by atoms with van der Waals surface area (Å²) in [7, 11) is 0. The van der Waals surface area contributed by atoms with Crippen LogP contribution in [0.15, 0.2) is 12.3 Å². The summed E-state index contributed by atoms with van der Waals surface area (Å²) in [4.78, 5) is 10.2. The Morgan fingerprint density at radius 2 is 2.56 bits per heavy atom. The smallest absolute Gasteiger partial charge is 0.310 e. The predicted molar refractivity (Wildman–Crippen MR) is 30.8 cm³/mol. The van der Waals surface area contributed by atoms with Crippen molar-refractivity contribution in [3.05, 3.63) is 12.3 Å². The highest BCUT2D eigenvalue weighted by Gasteiger charge is 2.17. The van der Waals surface area contributed by atoms with E-state index in [-0.39, 0.29) is 5.92 Å². The van der Waals surface area contributed by atoms with E-state index in [0.717, 1.165) is 0 Å². The summed E-state index contributed by atoms with van der Waals surface area (Å²) in [6, 6.07) is 0. The summed E-state index contributed by atoms with van der Waals surface area (Å²) in [6.45, 7) is 0.311. The van der Waals surface area contributed by atoms with Crippen LogP contribution in [0.2, 0.25) is 0 Å². The molecule has 0 aromatic heterocycles. The SMILES string of the molecule is O=C(O)C1CC=COC1. The van der Waals surface area contributed by atoms with E-state index in [9.17, 15) is 4.79 Å². The zero-order valence-electron chi connectivity index (χ0n) is 4.91. The van der Waals surface area contributed by atoms with Gasteiger partial charge in [0.1, 0.15) is 6.61 Å². The van der Waals surface area contributed by atoms with E-state index < -0.39 is 5.97 Å². The number of ether oxygens (including phenoxy) is 1. The number of carbonyl (C=O) groups is 1. The van der Waals surface area contributed by atoms with Crippen molar-refractivity contribution < 1.29 is 14.6 Å². The number of hydrogen-bond donors (Lipinski definition) is 1. The molecule has 9 heavy (non-hydrogen) atoms. The minimum atomic E-state index is -0.778. The molecule has 0 radical (unpaired) electrons. The Balaban J connectivity index is 2.44. The fourth-order valence-electron chi connectivity index (χ4n) is 0.700. The molecule has 0 aromatic rings. The topological polar surface area (TPSA) is 46.5 Å². The van der Waals surface area contributed by atoms with Gasteiger partial charge >= 0.3 is 5.97 Å². The summed E-state index contributed by atoms with van der Waals surface area (Å²) in [5.74, 6) is -1.12. The highest BCUT2D eigenvalue weighted by atomic mass is 16.5. The maximum absolute atomic E-state index is 10.2. The molecule has 0 aromatic carbocycles. The Kier molecular flexibility index (Phi) is 1.72. The van der Waals surface area contributed by atoms with Crippen LogP contribution in [-0.4, -0.2) is 17.7 Å². The lowest BCUT2D eigenvalue weighted by Crippen LogP contribution is -2.20. The van der Waals surface area contributed by atoms with Crippen molar-refractivity contribution in [3.63, 3.8) is 0 Å². The standard InChI is InChI=1S/C6H8O3/c7-6(8)5-2-1-3-9-4-5/h1,3,5H,2,4H2,(H,7,8). The molecule has 1 aliphatic rings. The molecule has 0 aliphatic carbocycles. The Bertz CT molecular complexity index is 139. The van der Waals surface area contributed by atoms with Gasteiger partial charge in [0, 0.05) is 0 Å². The third-order valence-electron chi connectivity index (χ3n) is 1.26. The molecule has 0 saturated heterocycles. The third kappa shape index (κ3) is 1.45. The van der Waals surface area contributed by atoms with Gasteiger partial charge in [0.2, 0.25) is 0 Å². The van der Waals surface area contributed by atoms with Gasteiger partial charge in [-0.1, -0.05) is 0 Å². The second-order valence-electron chi connectivity index (χ2n) is 1.98. The van der Waals surface area contributed by atoms with Crippen molar-refractivity contribution >= 4 is 5.97 Å². The lowest BCUT2D eigenvalue weighted by Gasteiger charge is -2.12. The lowest BCUT2D eigenvalue weighted by molar-refractivity contribution is -0.143. The first-order valence-electron chi connectivity index (χ1n) is 2.80. The van der Waals surface area contributed by atoms with Crippen molar-refractivity contribution in [2.24, 2.45) is 5.92 Å². The normalized spacial score (nSPS) is 25.1. The zero-order chi connectivity index (χ0) is 6.69. The monoisotopic (exact) mass is 128 g/mol. The van der Waals surface area contributed by atoms with Crippen LogP contribution in [-0.2, 0) is 9.53 Å². The highest BCUT2D eigenvalue weighted by Crippen LogP contribution is 2.09. The number of carboxylic acid groups (broad SMARTS) is 1. The van der Waals surface area contributed by atoms with Gasteiger partial charge in [-0.2, -0.15) is 0 Å². The Labute approximate surface area is 52.9 Å². The summed E-state index contributed by atoms with van der Waals surface area (Å²) in [5.41, 5.74) is 0. The maximum atomic E-state index is 10.2. The van der Waals surface area contributed by atoms with E-state index in [1.54, 1.807) is 12.3 Å². The van der Waals surface area contributed by atoms with E-state index in [0.29, 0.717) is 13.0 Å². The zero-order valence-corrected chi connectivity index (χ0v) is 4.91. The first-order valence-corrected chi connectivity index (χ1v) is 2.80. The minimum absolute atomic E-state index is 0.311. The highest BCUT2D eigenvalue weighted by molar-refractivity contribution is 5.70. The number of hydrogen-bond acceptors (Lipinski definition) is 2. The van der Waals surface area contributed by atoms with Crippen LogP contribution in [0.4, 0.5) is 0 Å². The number of aliphatic carboxylic acids is 1. The molecule has 0 saturated carbocycles. The van der Waals surface area contributed by atoms with Crippen LogP contribution in [0.3, 0.4) is 0 Å². The summed E-state index contributed by atoms with van der Waals surface area (Å²) in [5, 5.41) is 8.42.